The normalized spacial score (nSPS) is 20.6. The molecule has 2 aliphatic heterocycles. The van der Waals surface area contributed by atoms with Gasteiger partial charge in [0.25, 0.3) is 11.8 Å². The summed E-state index contributed by atoms with van der Waals surface area (Å²) in [6, 6.07) is -0.952. The highest BCUT2D eigenvalue weighted by atomic mass is 32.2. The van der Waals surface area contributed by atoms with Crippen LogP contribution >= 0.6 is 23.1 Å². The summed E-state index contributed by atoms with van der Waals surface area (Å²) in [5.74, 6) is -2.74. The second-order valence-corrected chi connectivity index (χ2v) is 8.43. The molecule has 1 aromatic rings. The first-order chi connectivity index (χ1) is 15.2. The second kappa shape index (κ2) is 9.82. The average molecular weight is 482 g/mol. The molecule has 14 heteroatoms. The number of hydrogen-bond acceptors (Lipinski definition) is 11. The summed E-state index contributed by atoms with van der Waals surface area (Å²) in [5, 5.41) is 17.0. The van der Waals surface area contributed by atoms with Gasteiger partial charge in [0, 0.05) is 18.1 Å². The topological polar surface area (TPSA) is 174 Å². The van der Waals surface area contributed by atoms with Crippen LogP contribution in [0.4, 0.5) is 5.13 Å². The molecule has 0 spiro atoms. The second-order valence-electron chi connectivity index (χ2n) is 6.44. The number of β-lactam (4-membered cyclic amide) rings is 1. The number of esters is 1. The van der Waals surface area contributed by atoms with E-state index in [0.29, 0.717) is 5.57 Å². The molecule has 3 heterocycles. The van der Waals surface area contributed by atoms with Crippen molar-refractivity contribution in [3.63, 3.8) is 0 Å². The van der Waals surface area contributed by atoms with E-state index in [-0.39, 0.29) is 34.6 Å². The van der Waals surface area contributed by atoms with Gasteiger partial charge in [0.2, 0.25) is 0 Å². The summed E-state index contributed by atoms with van der Waals surface area (Å²) in [5.41, 5.74) is 5.85. The van der Waals surface area contributed by atoms with Gasteiger partial charge in [-0.15, -0.1) is 23.1 Å². The van der Waals surface area contributed by atoms with Crippen LogP contribution in [-0.2, 0) is 28.8 Å². The van der Waals surface area contributed by atoms with Gasteiger partial charge in [-0.1, -0.05) is 11.2 Å². The highest BCUT2D eigenvalue weighted by molar-refractivity contribution is 8.00. The number of nitrogen functional groups attached to an aromatic ring is 1. The molecule has 0 aromatic carbocycles. The third-order valence-corrected chi connectivity index (χ3v) is 6.33. The number of ether oxygens (including phenoxy) is 1. The summed E-state index contributed by atoms with van der Waals surface area (Å²) in [7, 11) is 1.26. The Morgan fingerprint density at radius 1 is 1.47 bits per heavy atom. The first-order valence-electron chi connectivity index (χ1n) is 9.09. The van der Waals surface area contributed by atoms with Gasteiger partial charge in [0.05, 0.1) is 0 Å². The zero-order valence-electron chi connectivity index (χ0n) is 16.9. The van der Waals surface area contributed by atoms with Crippen LogP contribution in [0.25, 0.3) is 0 Å². The zero-order chi connectivity index (χ0) is 23.4. The number of nitrogens with two attached hydrogens (primary N) is 1. The van der Waals surface area contributed by atoms with Crippen LogP contribution in [0.15, 0.2) is 34.0 Å². The van der Waals surface area contributed by atoms with Gasteiger partial charge in [-0.25, -0.2) is 9.78 Å². The Hall–Kier alpha value is -3.39. The Bertz CT molecular complexity index is 1050. The molecule has 0 saturated carbocycles. The number of carboxylic acid groups (broad SMARTS) is 1. The molecule has 2 atom stereocenters. The number of fused-ring (bicyclic) bond motifs is 1. The molecular formula is C18H19N5O7S2. The van der Waals surface area contributed by atoms with Crippen molar-refractivity contribution in [2.45, 2.75) is 18.3 Å². The van der Waals surface area contributed by atoms with Crippen molar-refractivity contribution < 1.29 is 33.9 Å². The van der Waals surface area contributed by atoms with E-state index in [1.54, 1.807) is 0 Å². The quantitative estimate of drug-likeness (QED) is 0.197. The largest absolute Gasteiger partial charge is 0.477 e. The van der Waals surface area contributed by atoms with Crippen molar-refractivity contribution in [2.24, 2.45) is 5.16 Å². The maximum Gasteiger partial charge on any atom is 0.352 e. The first kappa shape index (κ1) is 23.3. The third kappa shape index (κ3) is 4.75. The Balaban J connectivity index is 1.75. The maximum atomic E-state index is 12.7. The third-order valence-electron chi connectivity index (χ3n) is 4.35. The molecule has 1 saturated heterocycles. The SMILES string of the molecule is CON=C(C(=O)N[C@@H]1C(=O)N2C(C(=O)O)=C(C=CCOC(C)=O)CS[C@@H]12)c1csc(N)n1. The van der Waals surface area contributed by atoms with E-state index >= 15 is 0 Å². The number of amides is 2. The van der Waals surface area contributed by atoms with Crippen molar-refractivity contribution >= 4 is 57.7 Å². The summed E-state index contributed by atoms with van der Waals surface area (Å²) >= 11 is 2.40. The van der Waals surface area contributed by atoms with E-state index in [1.165, 1.54) is 43.3 Å². The van der Waals surface area contributed by atoms with Gasteiger partial charge < -0.3 is 25.7 Å². The molecule has 170 valence electrons. The molecule has 1 aromatic heterocycles. The Kier molecular flexibility index (Phi) is 7.15. The van der Waals surface area contributed by atoms with Gasteiger partial charge in [-0.05, 0) is 11.6 Å². The molecule has 3 rings (SSSR count). The fourth-order valence-corrected chi connectivity index (χ4v) is 4.89. The minimum atomic E-state index is -1.28. The zero-order valence-corrected chi connectivity index (χ0v) is 18.6. The van der Waals surface area contributed by atoms with E-state index in [9.17, 15) is 24.3 Å². The van der Waals surface area contributed by atoms with Crippen LogP contribution in [0.3, 0.4) is 0 Å². The first-order valence-corrected chi connectivity index (χ1v) is 11.0. The number of carboxylic acids is 1. The molecule has 2 amide bonds. The Morgan fingerprint density at radius 3 is 2.81 bits per heavy atom. The minimum absolute atomic E-state index is 0.0187. The monoisotopic (exact) mass is 481 g/mol. The fraction of sp³-hybridized carbons (Fsp3) is 0.333. The van der Waals surface area contributed by atoms with Crippen molar-refractivity contribution in [2.75, 3.05) is 25.2 Å². The summed E-state index contributed by atoms with van der Waals surface area (Å²) < 4.78 is 4.79. The Labute approximate surface area is 190 Å². The Morgan fingerprint density at radius 2 is 2.22 bits per heavy atom. The number of nitrogens with one attached hydrogen (secondary N) is 1. The van der Waals surface area contributed by atoms with Crippen molar-refractivity contribution in [3.8, 4) is 0 Å². The molecule has 0 unspecified atom stereocenters. The number of thioether (sulfide) groups is 1. The minimum Gasteiger partial charge on any atom is -0.477 e. The molecular weight excluding hydrogens is 462 g/mol. The summed E-state index contributed by atoms with van der Waals surface area (Å²) in [4.78, 5) is 57.9. The van der Waals surface area contributed by atoms with Crippen molar-refractivity contribution in [3.05, 3.63) is 34.5 Å². The number of hydrogen-bond donors (Lipinski definition) is 3. The number of anilines is 1. The molecule has 4 N–H and O–H groups in total. The van der Waals surface area contributed by atoms with Crippen molar-refractivity contribution in [1.29, 1.82) is 0 Å². The highest BCUT2D eigenvalue weighted by Gasteiger charge is 2.54. The van der Waals surface area contributed by atoms with Crippen LogP contribution in [0.1, 0.15) is 12.6 Å². The van der Waals surface area contributed by atoms with E-state index in [0.717, 1.165) is 16.2 Å². The smallest absolute Gasteiger partial charge is 0.352 e. The molecule has 1 fully saturated rings. The number of oxime groups is 1. The van der Waals surface area contributed by atoms with Crippen molar-refractivity contribution in [1.82, 2.24) is 15.2 Å². The van der Waals surface area contributed by atoms with E-state index in [1.807, 2.05) is 0 Å². The lowest BCUT2D eigenvalue weighted by molar-refractivity contribution is -0.150. The number of rotatable bonds is 8. The summed E-state index contributed by atoms with van der Waals surface area (Å²) in [6.07, 6.45) is 3.00. The molecule has 12 nitrogen and oxygen atoms in total. The molecule has 32 heavy (non-hydrogen) atoms. The number of allylic oxidation sites excluding steroid dienone is 1. The van der Waals surface area contributed by atoms with Gasteiger partial charge in [0.15, 0.2) is 10.8 Å². The predicted molar refractivity (Wildman–Crippen MR) is 116 cm³/mol. The number of carbonyl (C=O) groups is 4. The summed E-state index contributed by atoms with van der Waals surface area (Å²) in [6.45, 7) is 1.24. The molecule has 0 bridgehead atoms. The number of aliphatic carboxylic acids is 1. The lowest BCUT2D eigenvalue weighted by Gasteiger charge is -2.49. The number of nitrogens with zero attached hydrogens (tertiary/aromatic N) is 3. The maximum absolute atomic E-state index is 12.7. The van der Waals surface area contributed by atoms with Gasteiger partial charge >= 0.3 is 11.9 Å². The molecule has 0 aliphatic carbocycles. The van der Waals surface area contributed by atoms with Gasteiger partial charge in [-0.2, -0.15) is 0 Å². The predicted octanol–water partition coefficient (Wildman–Crippen LogP) is -0.0663. The molecule has 0 radical (unpaired) electrons. The molecule has 2 aliphatic rings. The average Bonchev–Trinajstić information content (AvgIpc) is 3.17. The van der Waals surface area contributed by atoms with Crippen LogP contribution in [0, 0.1) is 0 Å². The van der Waals surface area contributed by atoms with E-state index in [2.05, 4.69) is 15.5 Å². The number of aromatic nitrogens is 1. The van der Waals surface area contributed by atoms with E-state index < -0.39 is 35.2 Å². The lowest BCUT2D eigenvalue weighted by atomic mass is 10.0. The fourth-order valence-electron chi connectivity index (χ4n) is 3.03. The number of thiazole rings is 1. The highest BCUT2D eigenvalue weighted by Crippen LogP contribution is 2.40. The van der Waals surface area contributed by atoms with E-state index in [4.69, 9.17) is 15.3 Å². The van der Waals surface area contributed by atoms with Crippen LogP contribution in [0.5, 0.6) is 0 Å². The van der Waals surface area contributed by atoms with Crippen LogP contribution in [-0.4, -0.2) is 75.3 Å². The van der Waals surface area contributed by atoms with Gasteiger partial charge in [-0.3, -0.25) is 19.3 Å². The van der Waals surface area contributed by atoms with Gasteiger partial charge in [0.1, 0.15) is 36.5 Å². The standard InChI is InChI=1S/C18H19N5O7S2/c1-8(24)30-5-3-4-9-6-31-16-12(15(26)23(16)13(9)17(27)28)21-14(25)11(22-29-2)10-7-32-18(19)20-10/h3-4,7,12,16H,5-6H2,1-2H3,(H2,19,20)(H,21,25)(H,27,28)/t12-,16+/m1/s1. The number of carbonyl (C=O) groups excluding carboxylic acids is 3. The van der Waals surface area contributed by atoms with Crippen LogP contribution < -0.4 is 11.1 Å². The lowest BCUT2D eigenvalue weighted by Crippen LogP contribution is -2.71. The van der Waals surface area contributed by atoms with Crippen LogP contribution in [0.2, 0.25) is 0 Å².